The Morgan fingerprint density at radius 1 is 1.27 bits per heavy atom. The van der Waals surface area contributed by atoms with Crippen LogP contribution in [0.25, 0.3) is 17.0 Å². The first-order valence-corrected chi connectivity index (χ1v) is 5.18. The van der Waals surface area contributed by atoms with E-state index in [4.69, 9.17) is 5.73 Å². The van der Waals surface area contributed by atoms with E-state index in [2.05, 4.69) is 17.1 Å². The highest BCUT2D eigenvalue weighted by atomic mass is 14.7. The van der Waals surface area contributed by atoms with Gasteiger partial charge in [-0.15, -0.1) is 0 Å². The molecule has 2 aromatic rings. The first kappa shape index (κ1) is 8.48. The minimum absolute atomic E-state index is 0.802. The SMILES string of the molecule is Nc1ccc2ncc3c(c2c1)C=CCC3. The number of fused-ring (bicyclic) bond motifs is 3. The molecule has 1 aromatic heterocycles. The van der Waals surface area contributed by atoms with E-state index in [9.17, 15) is 0 Å². The van der Waals surface area contributed by atoms with Crippen molar-refractivity contribution in [3.05, 3.63) is 41.6 Å². The Morgan fingerprint density at radius 2 is 2.20 bits per heavy atom. The second-order valence-electron chi connectivity index (χ2n) is 3.91. The smallest absolute Gasteiger partial charge is 0.0709 e. The first-order chi connectivity index (χ1) is 7.34. The molecule has 1 aliphatic rings. The van der Waals surface area contributed by atoms with Gasteiger partial charge in [0, 0.05) is 17.3 Å². The Hall–Kier alpha value is -1.83. The van der Waals surface area contributed by atoms with Crippen molar-refractivity contribution < 1.29 is 0 Å². The summed E-state index contributed by atoms with van der Waals surface area (Å²) in [5, 5.41) is 1.17. The number of aryl methyl sites for hydroxylation is 1. The van der Waals surface area contributed by atoms with Crippen LogP contribution in [-0.4, -0.2) is 4.98 Å². The maximum atomic E-state index is 5.81. The highest BCUT2D eigenvalue weighted by Crippen LogP contribution is 2.27. The second kappa shape index (κ2) is 3.09. The monoisotopic (exact) mass is 196 g/mol. The third-order valence-corrected chi connectivity index (χ3v) is 2.88. The van der Waals surface area contributed by atoms with Crippen molar-refractivity contribution in [3.63, 3.8) is 0 Å². The Balaban J connectivity index is 2.41. The maximum Gasteiger partial charge on any atom is 0.0709 e. The molecule has 2 nitrogen and oxygen atoms in total. The molecule has 74 valence electrons. The van der Waals surface area contributed by atoms with Crippen LogP contribution in [0.15, 0.2) is 30.5 Å². The number of hydrogen-bond donors (Lipinski definition) is 1. The van der Waals surface area contributed by atoms with Crippen molar-refractivity contribution in [1.29, 1.82) is 0 Å². The van der Waals surface area contributed by atoms with Crippen LogP contribution < -0.4 is 5.73 Å². The lowest BCUT2D eigenvalue weighted by atomic mass is 9.95. The number of nitrogens with zero attached hydrogens (tertiary/aromatic N) is 1. The van der Waals surface area contributed by atoms with E-state index >= 15 is 0 Å². The normalized spacial score (nSPS) is 14.1. The fourth-order valence-electron chi connectivity index (χ4n) is 2.11. The molecule has 0 unspecified atom stereocenters. The van der Waals surface area contributed by atoms with Gasteiger partial charge in [-0.25, -0.2) is 0 Å². The van der Waals surface area contributed by atoms with Crippen LogP contribution in [0, 0.1) is 0 Å². The zero-order chi connectivity index (χ0) is 10.3. The van der Waals surface area contributed by atoms with Gasteiger partial charge in [0.1, 0.15) is 0 Å². The minimum Gasteiger partial charge on any atom is -0.399 e. The van der Waals surface area contributed by atoms with Crippen LogP contribution in [0.2, 0.25) is 0 Å². The molecule has 0 atom stereocenters. The average Bonchev–Trinajstić information content (AvgIpc) is 2.29. The standard InChI is InChI=1S/C13H12N2/c14-10-5-6-13-12(7-10)11-4-2-1-3-9(11)8-15-13/h2,4-8H,1,3,14H2. The molecule has 0 saturated carbocycles. The first-order valence-electron chi connectivity index (χ1n) is 5.18. The number of pyridine rings is 1. The largest absolute Gasteiger partial charge is 0.399 e. The van der Waals surface area contributed by atoms with Crippen molar-refractivity contribution in [1.82, 2.24) is 4.98 Å². The minimum atomic E-state index is 0.802. The molecule has 0 amide bonds. The third kappa shape index (κ3) is 1.30. The molecule has 0 spiro atoms. The van der Waals surface area contributed by atoms with Crippen molar-refractivity contribution in [3.8, 4) is 0 Å². The van der Waals surface area contributed by atoms with E-state index in [1.807, 2.05) is 24.4 Å². The van der Waals surface area contributed by atoms with Gasteiger partial charge in [-0.05, 0) is 42.2 Å². The van der Waals surface area contributed by atoms with Crippen molar-refractivity contribution >= 4 is 22.7 Å². The van der Waals surface area contributed by atoms with E-state index in [0.717, 1.165) is 24.0 Å². The average molecular weight is 196 g/mol. The van der Waals surface area contributed by atoms with Crippen molar-refractivity contribution in [2.24, 2.45) is 0 Å². The van der Waals surface area contributed by atoms with Crippen LogP contribution in [0.3, 0.4) is 0 Å². The van der Waals surface area contributed by atoms with Crippen molar-refractivity contribution in [2.75, 3.05) is 5.73 Å². The molecular formula is C13H12N2. The van der Waals surface area contributed by atoms with Gasteiger partial charge in [0.05, 0.1) is 5.52 Å². The summed E-state index contributed by atoms with van der Waals surface area (Å²) in [7, 11) is 0. The zero-order valence-electron chi connectivity index (χ0n) is 8.40. The van der Waals surface area contributed by atoms with E-state index < -0.39 is 0 Å². The van der Waals surface area contributed by atoms with Gasteiger partial charge in [-0.3, -0.25) is 4.98 Å². The molecule has 0 radical (unpaired) electrons. The van der Waals surface area contributed by atoms with Gasteiger partial charge in [-0.2, -0.15) is 0 Å². The molecule has 15 heavy (non-hydrogen) atoms. The molecule has 1 aliphatic carbocycles. The molecule has 0 bridgehead atoms. The topological polar surface area (TPSA) is 38.9 Å². The molecule has 0 aliphatic heterocycles. The quantitative estimate of drug-likeness (QED) is 0.658. The summed E-state index contributed by atoms with van der Waals surface area (Å²) >= 11 is 0. The lowest BCUT2D eigenvalue weighted by Crippen LogP contribution is -1.97. The van der Waals surface area contributed by atoms with E-state index in [0.29, 0.717) is 0 Å². The van der Waals surface area contributed by atoms with Gasteiger partial charge >= 0.3 is 0 Å². The summed E-state index contributed by atoms with van der Waals surface area (Å²) in [4.78, 5) is 4.45. The molecule has 0 fully saturated rings. The predicted octanol–water partition coefficient (Wildman–Crippen LogP) is 2.78. The summed E-state index contributed by atoms with van der Waals surface area (Å²) in [5.41, 5.74) is 10.2. The number of nitrogens with two attached hydrogens (primary N) is 1. The van der Waals surface area contributed by atoms with Crippen LogP contribution in [0.4, 0.5) is 5.69 Å². The fourth-order valence-corrected chi connectivity index (χ4v) is 2.11. The fraction of sp³-hybridized carbons (Fsp3) is 0.154. The van der Waals surface area contributed by atoms with E-state index in [1.165, 1.54) is 16.5 Å². The molecular weight excluding hydrogens is 184 g/mol. The zero-order valence-corrected chi connectivity index (χ0v) is 8.40. The number of hydrogen-bond acceptors (Lipinski definition) is 2. The van der Waals surface area contributed by atoms with Crippen molar-refractivity contribution in [2.45, 2.75) is 12.8 Å². The van der Waals surface area contributed by atoms with Gasteiger partial charge in [-0.1, -0.05) is 12.2 Å². The predicted molar refractivity (Wildman–Crippen MR) is 63.5 cm³/mol. The number of benzene rings is 1. The molecule has 0 saturated heterocycles. The molecule has 1 heterocycles. The number of rotatable bonds is 0. The van der Waals surface area contributed by atoms with Crippen LogP contribution in [0.1, 0.15) is 17.5 Å². The van der Waals surface area contributed by atoms with Crippen LogP contribution in [0.5, 0.6) is 0 Å². The summed E-state index contributed by atoms with van der Waals surface area (Å²) in [5.74, 6) is 0. The molecule has 1 aromatic carbocycles. The maximum absolute atomic E-state index is 5.81. The Morgan fingerprint density at radius 3 is 3.13 bits per heavy atom. The molecule has 2 heteroatoms. The summed E-state index contributed by atoms with van der Waals surface area (Å²) in [6.45, 7) is 0. The Labute approximate surface area is 88.4 Å². The Kier molecular flexibility index (Phi) is 1.75. The summed E-state index contributed by atoms with van der Waals surface area (Å²) in [6.07, 6.45) is 8.58. The Bertz CT molecular complexity index is 556. The summed E-state index contributed by atoms with van der Waals surface area (Å²) in [6, 6.07) is 5.89. The number of aromatic nitrogens is 1. The lowest BCUT2D eigenvalue weighted by molar-refractivity contribution is 0.979. The second-order valence-corrected chi connectivity index (χ2v) is 3.91. The van der Waals surface area contributed by atoms with Gasteiger partial charge in [0.15, 0.2) is 0 Å². The van der Waals surface area contributed by atoms with Gasteiger partial charge in [0.25, 0.3) is 0 Å². The number of nitrogen functional groups attached to an aromatic ring is 1. The van der Waals surface area contributed by atoms with E-state index in [-0.39, 0.29) is 0 Å². The summed E-state index contributed by atoms with van der Waals surface area (Å²) < 4.78 is 0. The number of anilines is 1. The molecule has 2 N–H and O–H groups in total. The molecule has 3 rings (SSSR count). The van der Waals surface area contributed by atoms with Gasteiger partial charge in [0.2, 0.25) is 0 Å². The highest BCUT2D eigenvalue weighted by Gasteiger charge is 2.09. The van der Waals surface area contributed by atoms with Crippen LogP contribution >= 0.6 is 0 Å². The number of allylic oxidation sites excluding steroid dienone is 1. The lowest BCUT2D eigenvalue weighted by Gasteiger charge is -2.12. The van der Waals surface area contributed by atoms with E-state index in [1.54, 1.807) is 0 Å². The highest BCUT2D eigenvalue weighted by molar-refractivity contribution is 5.91. The van der Waals surface area contributed by atoms with Gasteiger partial charge < -0.3 is 5.73 Å². The third-order valence-electron chi connectivity index (χ3n) is 2.88. The van der Waals surface area contributed by atoms with Crippen LogP contribution in [-0.2, 0) is 6.42 Å².